The Morgan fingerprint density at radius 2 is 1.94 bits per heavy atom. The Hall–Kier alpha value is -1.80. The predicted molar refractivity (Wildman–Crippen MR) is 142 cm³/mol. The van der Waals surface area contributed by atoms with Crippen LogP contribution in [0.2, 0.25) is 0 Å². The van der Waals surface area contributed by atoms with Gasteiger partial charge in [0.15, 0.2) is 5.96 Å². The van der Waals surface area contributed by atoms with Gasteiger partial charge in [-0.25, -0.2) is 0 Å². The molecule has 1 unspecified atom stereocenters. The van der Waals surface area contributed by atoms with Gasteiger partial charge >= 0.3 is 0 Å². The first-order valence-corrected chi connectivity index (χ1v) is 11.4. The highest BCUT2D eigenvalue weighted by molar-refractivity contribution is 14.0. The van der Waals surface area contributed by atoms with Crippen molar-refractivity contribution in [1.29, 1.82) is 0 Å². The van der Waals surface area contributed by atoms with Gasteiger partial charge in [-0.3, -0.25) is 4.99 Å². The lowest BCUT2D eigenvalue weighted by molar-refractivity contribution is 0.0503. The van der Waals surface area contributed by atoms with E-state index in [2.05, 4.69) is 70.7 Å². The molecule has 2 fully saturated rings. The number of hydrogen-bond donors (Lipinski definition) is 1. The van der Waals surface area contributed by atoms with Crippen molar-refractivity contribution in [3.8, 4) is 5.75 Å². The Morgan fingerprint density at radius 3 is 2.62 bits per heavy atom. The number of guanidine groups is 1. The summed E-state index contributed by atoms with van der Waals surface area (Å²) in [6.07, 6.45) is 3.11. The molecule has 174 valence electrons. The zero-order valence-corrected chi connectivity index (χ0v) is 21.8. The van der Waals surface area contributed by atoms with Crippen LogP contribution >= 0.6 is 24.0 Å². The number of methoxy groups -OCH3 is 1. The minimum absolute atomic E-state index is 0. The van der Waals surface area contributed by atoms with E-state index in [1.54, 1.807) is 7.11 Å². The Kier molecular flexibility index (Phi) is 8.82. The summed E-state index contributed by atoms with van der Waals surface area (Å²) in [7, 11) is 3.66. The summed E-state index contributed by atoms with van der Waals surface area (Å²) in [5.41, 5.74) is 3.94. The van der Waals surface area contributed by atoms with Crippen LogP contribution < -0.4 is 10.1 Å². The first-order chi connectivity index (χ1) is 15.1. The van der Waals surface area contributed by atoms with Gasteiger partial charge in [-0.05, 0) is 37.8 Å². The zero-order chi connectivity index (χ0) is 21.7. The van der Waals surface area contributed by atoms with Crippen LogP contribution in [-0.2, 0) is 10.2 Å². The number of nitrogens with one attached hydrogen (secondary N) is 1. The molecule has 5 nitrogen and oxygen atoms in total. The van der Waals surface area contributed by atoms with Gasteiger partial charge in [0, 0.05) is 56.8 Å². The van der Waals surface area contributed by atoms with E-state index in [9.17, 15) is 0 Å². The molecule has 0 saturated carbocycles. The van der Waals surface area contributed by atoms with Gasteiger partial charge in [0.25, 0.3) is 0 Å². The predicted octanol–water partition coefficient (Wildman–Crippen LogP) is 4.73. The van der Waals surface area contributed by atoms with E-state index in [-0.39, 0.29) is 29.4 Å². The first kappa shape index (κ1) is 24.8. The highest BCUT2D eigenvalue weighted by Gasteiger charge is 2.38. The molecule has 2 saturated heterocycles. The summed E-state index contributed by atoms with van der Waals surface area (Å²) >= 11 is 0. The normalized spacial score (nSPS) is 20.5. The molecule has 2 aliphatic rings. The van der Waals surface area contributed by atoms with E-state index in [1.807, 2.05) is 7.05 Å². The van der Waals surface area contributed by atoms with E-state index in [1.165, 1.54) is 16.7 Å². The Morgan fingerprint density at radius 1 is 1.19 bits per heavy atom. The first-order valence-electron chi connectivity index (χ1n) is 11.4. The highest BCUT2D eigenvalue weighted by atomic mass is 127. The number of halogens is 1. The molecule has 0 aromatic heterocycles. The Balaban J connectivity index is 0.00000289. The second kappa shape index (κ2) is 11.4. The van der Waals surface area contributed by atoms with Crippen molar-refractivity contribution in [3.05, 3.63) is 65.2 Å². The van der Waals surface area contributed by atoms with E-state index in [4.69, 9.17) is 9.47 Å². The third-order valence-electron chi connectivity index (χ3n) is 6.93. The van der Waals surface area contributed by atoms with Gasteiger partial charge in [-0.2, -0.15) is 0 Å². The number of aliphatic imine (C=N–C) groups is 1. The zero-order valence-electron chi connectivity index (χ0n) is 19.5. The molecule has 0 spiro atoms. The molecule has 0 radical (unpaired) electrons. The largest absolute Gasteiger partial charge is 0.496 e. The number of hydrogen-bond acceptors (Lipinski definition) is 3. The average Bonchev–Trinajstić information content (AvgIpc) is 3.31. The topological polar surface area (TPSA) is 46.1 Å². The van der Waals surface area contributed by atoms with Gasteiger partial charge in [0.2, 0.25) is 0 Å². The van der Waals surface area contributed by atoms with Gasteiger partial charge in [0.1, 0.15) is 5.75 Å². The summed E-state index contributed by atoms with van der Waals surface area (Å²) in [4.78, 5) is 7.04. The molecule has 0 aliphatic carbocycles. The van der Waals surface area contributed by atoms with E-state index >= 15 is 0 Å². The maximum atomic E-state index is 5.77. The van der Waals surface area contributed by atoms with Crippen LogP contribution in [0.3, 0.4) is 0 Å². The number of rotatable bonds is 5. The lowest BCUT2D eigenvalue weighted by atomic mass is 9.73. The van der Waals surface area contributed by atoms with Crippen molar-refractivity contribution in [2.75, 3.05) is 47.0 Å². The van der Waals surface area contributed by atoms with Crippen molar-refractivity contribution in [2.24, 2.45) is 4.99 Å². The Labute approximate surface area is 209 Å². The molecule has 1 N–H and O–H groups in total. The maximum Gasteiger partial charge on any atom is 0.193 e. The fourth-order valence-corrected chi connectivity index (χ4v) is 5.07. The minimum atomic E-state index is -0.0237. The molecule has 4 rings (SSSR count). The van der Waals surface area contributed by atoms with Crippen molar-refractivity contribution < 1.29 is 9.47 Å². The van der Waals surface area contributed by atoms with Crippen molar-refractivity contribution in [2.45, 2.75) is 37.5 Å². The van der Waals surface area contributed by atoms with Crippen LogP contribution in [0.15, 0.2) is 53.5 Å². The highest BCUT2D eigenvalue weighted by Crippen LogP contribution is 2.40. The van der Waals surface area contributed by atoms with Crippen molar-refractivity contribution in [1.82, 2.24) is 10.2 Å². The van der Waals surface area contributed by atoms with Gasteiger partial charge in [0.05, 0.1) is 7.11 Å². The van der Waals surface area contributed by atoms with E-state index in [0.717, 1.165) is 63.8 Å². The lowest BCUT2D eigenvalue weighted by Crippen LogP contribution is -2.49. The second-order valence-corrected chi connectivity index (χ2v) is 8.84. The average molecular weight is 549 g/mol. The maximum absolute atomic E-state index is 5.77. The van der Waals surface area contributed by atoms with Gasteiger partial charge in [-0.1, -0.05) is 48.0 Å². The number of aryl methyl sites for hydroxylation is 1. The van der Waals surface area contributed by atoms with Crippen LogP contribution in [-0.4, -0.2) is 57.9 Å². The molecule has 32 heavy (non-hydrogen) atoms. The van der Waals surface area contributed by atoms with Crippen LogP contribution in [0.5, 0.6) is 5.75 Å². The monoisotopic (exact) mass is 549 g/mol. The summed E-state index contributed by atoms with van der Waals surface area (Å²) in [6, 6.07) is 17.3. The van der Waals surface area contributed by atoms with E-state index < -0.39 is 0 Å². The fraction of sp³-hybridized carbons (Fsp3) is 0.500. The van der Waals surface area contributed by atoms with E-state index in [0.29, 0.717) is 5.92 Å². The quantitative estimate of drug-likeness (QED) is 0.333. The molecule has 0 bridgehead atoms. The van der Waals surface area contributed by atoms with Crippen LogP contribution in [0.25, 0.3) is 0 Å². The molecule has 2 heterocycles. The third kappa shape index (κ3) is 5.39. The van der Waals surface area contributed by atoms with Gasteiger partial charge in [-0.15, -0.1) is 24.0 Å². The third-order valence-corrected chi connectivity index (χ3v) is 6.93. The molecular formula is C26H36IN3O2. The second-order valence-electron chi connectivity index (χ2n) is 8.84. The Bertz CT molecular complexity index is 897. The number of nitrogens with zero attached hydrogens (tertiary/aromatic N) is 2. The molecule has 6 heteroatoms. The SMILES string of the molecule is CN=C(NCC1(c2cc(C)ccc2OC)CCOCC1)N1CCC(c2ccccc2)C1.I. The molecule has 0 amide bonds. The van der Waals surface area contributed by atoms with Crippen molar-refractivity contribution >= 4 is 29.9 Å². The number of benzene rings is 2. The van der Waals surface area contributed by atoms with Crippen LogP contribution in [0.1, 0.15) is 41.9 Å². The standard InChI is InChI=1S/C26H35N3O2.HI/c1-20-9-10-24(30-3)23(17-20)26(12-15-31-16-13-26)19-28-25(27-2)29-14-11-22(18-29)21-7-5-4-6-8-21;/h4-10,17,22H,11-16,18-19H2,1-3H3,(H,27,28);1H. The molecule has 2 aliphatic heterocycles. The number of likely N-dealkylation sites (tertiary alicyclic amines) is 1. The molecule has 2 aromatic rings. The molecule has 2 aromatic carbocycles. The van der Waals surface area contributed by atoms with Gasteiger partial charge < -0.3 is 19.7 Å². The minimum Gasteiger partial charge on any atom is -0.496 e. The summed E-state index contributed by atoms with van der Waals surface area (Å²) < 4.78 is 11.5. The van der Waals surface area contributed by atoms with Crippen LogP contribution in [0, 0.1) is 6.92 Å². The smallest absolute Gasteiger partial charge is 0.193 e. The fourth-order valence-electron chi connectivity index (χ4n) is 5.07. The molecule has 1 atom stereocenters. The lowest BCUT2D eigenvalue weighted by Gasteiger charge is -2.39. The summed E-state index contributed by atoms with van der Waals surface area (Å²) in [6.45, 7) is 6.57. The molecular weight excluding hydrogens is 513 g/mol. The summed E-state index contributed by atoms with van der Waals surface area (Å²) in [5, 5.41) is 3.73. The summed E-state index contributed by atoms with van der Waals surface area (Å²) in [5.74, 6) is 2.53. The van der Waals surface area contributed by atoms with Crippen molar-refractivity contribution in [3.63, 3.8) is 0 Å². The number of ether oxygens (including phenoxy) is 2. The van der Waals surface area contributed by atoms with Crippen LogP contribution in [0.4, 0.5) is 0 Å².